The molecule has 7 nitrogen and oxygen atoms in total. The Morgan fingerprint density at radius 3 is 2.38 bits per heavy atom. The molecule has 24 heavy (non-hydrogen) atoms. The Morgan fingerprint density at radius 1 is 1.25 bits per heavy atom. The van der Waals surface area contributed by atoms with E-state index < -0.39 is 23.5 Å². The van der Waals surface area contributed by atoms with Gasteiger partial charge in [0.05, 0.1) is 0 Å². The second kappa shape index (κ2) is 7.27. The van der Waals surface area contributed by atoms with Gasteiger partial charge in [-0.1, -0.05) is 25.4 Å². The molecular formula is C16H16ClN3O4. The largest absolute Gasteiger partial charge is 0.480 e. The molecule has 1 amide bonds. The molecule has 0 radical (unpaired) electrons. The topological polar surface area (TPSA) is 112 Å². The summed E-state index contributed by atoms with van der Waals surface area (Å²) in [6, 6.07) is 5.57. The summed E-state index contributed by atoms with van der Waals surface area (Å²) in [5.41, 5.74) is -0.269. The standard InChI is InChI=1S/C16H16ClN3O4/c1-8(2)12(16(23)24)19-14(21)11-7-18-13(20-15(11)22)9-3-5-10(17)6-4-9/h3-8,12H,1-2H3,(H,19,21)(H,23,24)(H,18,20,22). The van der Waals surface area contributed by atoms with E-state index in [9.17, 15) is 14.4 Å². The van der Waals surface area contributed by atoms with E-state index in [0.717, 1.165) is 6.20 Å². The molecule has 0 saturated heterocycles. The van der Waals surface area contributed by atoms with E-state index in [2.05, 4.69) is 15.3 Å². The summed E-state index contributed by atoms with van der Waals surface area (Å²) in [6.07, 6.45) is 1.12. The summed E-state index contributed by atoms with van der Waals surface area (Å²) in [5.74, 6) is -1.99. The smallest absolute Gasteiger partial charge is 0.326 e. The molecule has 0 saturated carbocycles. The number of carbonyl (C=O) groups excluding carboxylic acids is 1. The van der Waals surface area contributed by atoms with Crippen LogP contribution in [0.4, 0.5) is 0 Å². The van der Waals surface area contributed by atoms with E-state index >= 15 is 0 Å². The molecule has 0 aliphatic carbocycles. The Labute approximate surface area is 142 Å². The minimum absolute atomic E-state index is 0.250. The fourth-order valence-corrected chi connectivity index (χ4v) is 2.17. The van der Waals surface area contributed by atoms with Gasteiger partial charge < -0.3 is 15.4 Å². The third-order valence-electron chi connectivity index (χ3n) is 3.38. The van der Waals surface area contributed by atoms with Crippen LogP contribution in [0, 0.1) is 5.92 Å². The number of amides is 1. The van der Waals surface area contributed by atoms with E-state index in [-0.39, 0.29) is 17.3 Å². The first kappa shape index (κ1) is 17.7. The Bertz CT molecular complexity index is 815. The number of nitrogens with one attached hydrogen (secondary N) is 2. The maximum atomic E-state index is 12.1. The summed E-state index contributed by atoms with van der Waals surface area (Å²) in [6.45, 7) is 3.32. The van der Waals surface area contributed by atoms with Crippen LogP contribution in [0.3, 0.4) is 0 Å². The van der Waals surface area contributed by atoms with Gasteiger partial charge in [-0.25, -0.2) is 9.78 Å². The maximum absolute atomic E-state index is 12.1. The molecule has 1 aromatic heterocycles. The first-order valence-corrected chi connectivity index (χ1v) is 7.56. The average Bonchev–Trinajstić information content (AvgIpc) is 2.52. The number of aromatic amines is 1. The Balaban J connectivity index is 2.26. The van der Waals surface area contributed by atoms with E-state index in [0.29, 0.717) is 10.6 Å². The highest BCUT2D eigenvalue weighted by Crippen LogP contribution is 2.16. The number of carbonyl (C=O) groups is 2. The molecule has 2 rings (SSSR count). The van der Waals surface area contributed by atoms with E-state index in [1.54, 1.807) is 38.1 Å². The normalized spacial score (nSPS) is 12.0. The number of aromatic nitrogens is 2. The number of nitrogens with zero attached hydrogens (tertiary/aromatic N) is 1. The highest BCUT2D eigenvalue weighted by atomic mass is 35.5. The van der Waals surface area contributed by atoms with Gasteiger partial charge in [-0.05, 0) is 30.2 Å². The highest BCUT2D eigenvalue weighted by molar-refractivity contribution is 6.30. The number of aliphatic carboxylic acids is 1. The van der Waals surface area contributed by atoms with Crippen molar-refractivity contribution in [3.05, 3.63) is 51.4 Å². The molecule has 1 unspecified atom stereocenters. The summed E-state index contributed by atoms with van der Waals surface area (Å²) in [4.78, 5) is 41.9. The second-order valence-corrected chi connectivity index (χ2v) is 5.95. The van der Waals surface area contributed by atoms with Crippen LogP contribution >= 0.6 is 11.6 Å². The van der Waals surface area contributed by atoms with Gasteiger partial charge in [0.15, 0.2) is 0 Å². The van der Waals surface area contributed by atoms with E-state index in [4.69, 9.17) is 16.7 Å². The first-order chi connectivity index (χ1) is 11.3. The monoisotopic (exact) mass is 349 g/mol. The average molecular weight is 350 g/mol. The molecule has 3 N–H and O–H groups in total. The molecule has 126 valence electrons. The van der Waals surface area contributed by atoms with Gasteiger partial charge in [-0.3, -0.25) is 9.59 Å². The second-order valence-electron chi connectivity index (χ2n) is 5.51. The predicted octanol–water partition coefficient (Wildman–Crippen LogP) is 1.93. The van der Waals surface area contributed by atoms with Crippen molar-refractivity contribution in [3.63, 3.8) is 0 Å². The van der Waals surface area contributed by atoms with Crippen molar-refractivity contribution >= 4 is 23.5 Å². The number of halogens is 1. The third kappa shape index (κ3) is 3.99. The van der Waals surface area contributed by atoms with Crippen LogP contribution in [0.1, 0.15) is 24.2 Å². The Kier molecular flexibility index (Phi) is 5.35. The number of hydrogen-bond acceptors (Lipinski definition) is 4. The van der Waals surface area contributed by atoms with Gasteiger partial charge in [0.25, 0.3) is 11.5 Å². The molecule has 1 atom stereocenters. The molecule has 1 aromatic carbocycles. The lowest BCUT2D eigenvalue weighted by Gasteiger charge is -2.17. The van der Waals surface area contributed by atoms with Gasteiger partial charge >= 0.3 is 5.97 Å². The summed E-state index contributed by atoms with van der Waals surface area (Å²) in [7, 11) is 0. The van der Waals surface area contributed by atoms with Crippen LogP contribution in [0.15, 0.2) is 35.3 Å². The fraction of sp³-hybridized carbons (Fsp3) is 0.250. The van der Waals surface area contributed by atoms with Crippen LogP contribution in [0.25, 0.3) is 11.4 Å². The zero-order valence-electron chi connectivity index (χ0n) is 13.0. The van der Waals surface area contributed by atoms with E-state index in [1.165, 1.54) is 0 Å². The van der Waals surface area contributed by atoms with Gasteiger partial charge in [0.1, 0.15) is 17.4 Å². The van der Waals surface area contributed by atoms with Crippen LogP contribution in [0.5, 0.6) is 0 Å². The van der Waals surface area contributed by atoms with E-state index in [1.807, 2.05) is 0 Å². The quantitative estimate of drug-likeness (QED) is 0.763. The lowest BCUT2D eigenvalue weighted by atomic mass is 10.0. The van der Waals surface area contributed by atoms with Gasteiger partial charge in [-0.15, -0.1) is 0 Å². The van der Waals surface area contributed by atoms with Crippen molar-refractivity contribution in [1.82, 2.24) is 15.3 Å². The fourth-order valence-electron chi connectivity index (χ4n) is 2.04. The van der Waals surface area contributed by atoms with Crippen LogP contribution in [-0.4, -0.2) is 33.0 Å². The van der Waals surface area contributed by atoms with Crippen LogP contribution < -0.4 is 10.9 Å². The first-order valence-electron chi connectivity index (χ1n) is 7.18. The van der Waals surface area contributed by atoms with Crippen LogP contribution in [-0.2, 0) is 4.79 Å². The Morgan fingerprint density at radius 2 is 1.88 bits per heavy atom. The number of hydrogen-bond donors (Lipinski definition) is 3. The van der Waals surface area contributed by atoms with Gasteiger partial charge in [0, 0.05) is 16.8 Å². The van der Waals surface area contributed by atoms with Crippen molar-refractivity contribution in [1.29, 1.82) is 0 Å². The Hall–Kier alpha value is -2.67. The predicted molar refractivity (Wildman–Crippen MR) is 89.0 cm³/mol. The number of carboxylic acids is 1. The molecule has 8 heteroatoms. The summed E-state index contributed by atoms with van der Waals surface area (Å²) in [5, 5.41) is 12.0. The van der Waals surface area contributed by atoms with Crippen LogP contribution in [0.2, 0.25) is 5.02 Å². The molecule has 0 aliphatic rings. The zero-order valence-corrected chi connectivity index (χ0v) is 13.8. The van der Waals surface area contributed by atoms with Crippen molar-refractivity contribution in [2.45, 2.75) is 19.9 Å². The summed E-state index contributed by atoms with van der Waals surface area (Å²) < 4.78 is 0. The number of H-pyrrole nitrogens is 1. The number of rotatable bonds is 5. The number of benzene rings is 1. The van der Waals surface area contributed by atoms with Crippen molar-refractivity contribution < 1.29 is 14.7 Å². The molecule has 0 fully saturated rings. The summed E-state index contributed by atoms with van der Waals surface area (Å²) >= 11 is 5.80. The molecule has 0 aliphatic heterocycles. The SMILES string of the molecule is CC(C)C(NC(=O)c1cnc(-c2ccc(Cl)cc2)[nH]c1=O)C(=O)O. The van der Waals surface area contributed by atoms with Crippen molar-refractivity contribution in [2.24, 2.45) is 5.92 Å². The minimum atomic E-state index is -1.17. The zero-order chi connectivity index (χ0) is 17.9. The molecular weight excluding hydrogens is 334 g/mol. The highest BCUT2D eigenvalue weighted by Gasteiger charge is 2.25. The molecule has 0 bridgehead atoms. The van der Waals surface area contributed by atoms with Gasteiger partial charge in [-0.2, -0.15) is 0 Å². The van der Waals surface area contributed by atoms with Gasteiger partial charge in [0.2, 0.25) is 0 Å². The third-order valence-corrected chi connectivity index (χ3v) is 3.63. The van der Waals surface area contributed by atoms with Crippen molar-refractivity contribution in [3.8, 4) is 11.4 Å². The maximum Gasteiger partial charge on any atom is 0.326 e. The molecule has 0 spiro atoms. The van der Waals surface area contributed by atoms with Crippen molar-refractivity contribution in [2.75, 3.05) is 0 Å². The lowest BCUT2D eigenvalue weighted by molar-refractivity contribution is -0.140. The number of carboxylic acid groups (broad SMARTS) is 1. The molecule has 1 heterocycles. The molecule has 2 aromatic rings. The minimum Gasteiger partial charge on any atom is -0.480 e. The lowest BCUT2D eigenvalue weighted by Crippen LogP contribution is -2.45.